The number of hydrogen-bond acceptors (Lipinski definition) is 4. The number of thiazole rings is 1. The molecule has 0 amide bonds. The average Bonchev–Trinajstić information content (AvgIpc) is 3.03. The quantitative estimate of drug-likeness (QED) is 0.685. The Morgan fingerprint density at radius 3 is 2.75 bits per heavy atom. The summed E-state index contributed by atoms with van der Waals surface area (Å²) in [6.45, 7) is 3.11. The minimum Gasteiger partial charge on any atom is -0.488 e. The molecule has 0 fully saturated rings. The monoisotopic (exact) mass is 358 g/mol. The van der Waals surface area contributed by atoms with Crippen molar-refractivity contribution in [2.45, 2.75) is 20.0 Å². The maximum Gasteiger partial charge on any atom is 0.132 e. The van der Waals surface area contributed by atoms with Crippen molar-refractivity contribution in [3.8, 4) is 17.0 Å². The first kappa shape index (κ1) is 17.0. The van der Waals surface area contributed by atoms with Crippen molar-refractivity contribution in [2.24, 2.45) is 5.73 Å². The molecule has 3 aromatic rings. The first-order valence-corrected chi connectivity index (χ1v) is 9.05. The lowest BCUT2D eigenvalue weighted by molar-refractivity contribution is 0.305. The van der Waals surface area contributed by atoms with E-state index in [-0.39, 0.29) is 0 Å². The van der Waals surface area contributed by atoms with Crippen LogP contribution in [0.15, 0.2) is 47.8 Å². The molecule has 124 valence electrons. The smallest absolute Gasteiger partial charge is 0.132 e. The van der Waals surface area contributed by atoms with Gasteiger partial charge in [-0.2, -0.15) is 0 Å². The highest BCUT2D eigenvalue weighted by molar-refractivity contribution is 7.09. The highest BCUT2D eigenvalue weighted by Crippen LogP contribution is 2.36. The van der Waals surface area contributed by atoms with Crippen LogP contribution in [0.2, 0.25) is 5.02 Å². The van der Waals surface area contributed by atoms with Crippen LogP contribution in [-0.2, 0) is 13.0 Å². The Bertz CT molecular complexity index is 817. The van der Waals surface area contributed by atoms with E-state index in [0.29, 0.717) is 18.2 Å². The molecule has 1 heterocycles. The summed E-state index contributed by atoms with van der Waals surface area (Å²) in [5.74, 6) is 0.827. The number of nitrogens with two attached hydrogens (primary N) is 1. The number of hydrogen-bond donors (Lipinski definition) is 1. The van der Waals surface area contributed by atoms with E-state index in [2.05, 4.69) is 4.98 Å². The van der Waals surface area contributed by atoms with E-state index in [9.17, 15) is 0 Å². The van der Waals surface area contributed by atoms with Crippen molar-refractivity contribution in [1.29, 1.82) is 0 Å². The SMILES string of the molecule is Cc1cc(Cl)cc(-c2csc(CCN)n2)c1OCc1ccccc1. The van der Waals surface area contributed by atoms with Crippen LogP contribution in [-0.4, -0.2) is 11.5 Å². The minimum atomic E-state index is 0.510. The largest absolute Gasteiger partial charge is 0.488 e. The van der Waals surface area contributed by atoms with Crippen LogP contribution >= 0.6 is 22.9 Å². The van der Waals surface area contributed by atoms with Crippen molar-refractivity contribution >= 4 is 22.9 Å². The number of rotatable bonds is 6. The Labute approximate surface area is 151 Å². The summed E-state index contributed by atoms with van der Waals surface area (Å²) in [4.78, 5) is 4.67. The normalized spacial score (nSPS) is 10.8. The molecular weight excluding hydrogens is 340 g/mol. The minimum absolute atomic E-state index is 0.510. The summed E-state index contributed by atoms with van der Waals surface area (Å²) in [7, 11) is 0. The Balaban J connectivity index is 1.92. The average molecular weight is 359 g/mol. The van der Waals surface area contributed by atoms with Crippen LogP contribution in [0.4, 0.5) is 0 Å². The molecule has 0 spiro atoms. The summed E-state index contributed by atoms with van der Waals surface area (Å²) in [5, 5.41) is 3.74. The molecular formula is C19H19ClN2OS. The van der Waals surface area contributed by atoms with E-state index in [0.717, 1.165) is 39.6 Å². The lowest BCUT2D eigenvalue weighted by atomic mass is 10.1. The number of benzene rings is 2. The van der Waals surface area contributed by atoms with Gasteiger partial charge in [0.15, 0.2) is 0 Å². The van der Waals surface area contributed by atoms with Crippen LogP contribution in [0.1, 0.15) is 16.1 Å². The number of ether oxygens (including phenoxy) is 1. The lowest BCUT2D eigenvalue weighted by Crippen LogP contribution is -2.02. The fourth-order valence-corrected chi connectivity index (χ4v) is 3.60. The molecule has 0 saturated carbocycles. The topological polar surface area (TPSA) is 48.1 Å². The second kappa shape index (κ2) is 7.79. The first-order chi connectivity index (χ1) is 11.7. The predicted molar refractivity (Wildman–Crippen MR) is 101 cm³/mol. The van der Waals surface area contributed by atoms with E-state index in [1.807, 2.05) is 54.8 Å². The number of aromatic nitrogens is 1. The predicted octanol–water partition coefficient (Wildman–Crippen LogP) is 4.85. The van der Waals surface area contributed by atoms with Gasteiger partial charge in [-0.3, -0.25) is 0 Å². The molecule has 0 unspecified atom stereocenters. The van der Waals surface area contributed by atoms with Crippen molar-refractivity contribution in [1.82, 2.24) is 4.98 Å². The van der Waals surface area contributed by atoms with Crippen molar-refractivity contribution in [2.75, 3.05) is 6.54 Å². The lowest BCUT2D eigenvalue weighted by Gasteiger charge is -2.14. The Kier molecular flexibility index (Phi) is 5.51. The standard InChI is InChI=1S/C19H19ClN2OS/c1-13-9-15(20)10-16(17-12-24-18(22-17)7-8-21)19(13)23-11-14-5-3-2-4-6-14/h2-6,9-10,12H,7-8,11,21H2,1H3. The fraction of sp³-hybridized carbons (Fsp3) is 0.211. The molecule has 0 saturated heterocycles. The van der Waals surface area contributed by atoms with Crippen LogP contribution in [0.25, 0.3) is 11.3 Å². The summed E-state index contributed by atoms with van der Waals surface area (Å²) in [6, 6.07) is 13.9. The zero-order valence-corrected chi connectivity index (χ0v) is 15.0. The van der Waals surface area contributed by atoms with Gasteiger partial charge in [0.2, 0.25) is 0 Å². The van der Waals surface area contributed by atoms with Gasteiger partial charge < -0.3 is 10.5 Å². The van der Waals surface area contributed by atoms with E-state index < -0.39 is 0 Å². The van der Waals surface area contributed by atoms with E-state index >= 15 is 0 Å². The second-order valence-electron chi connectivity index (χ2n) is 5.54. The highest BCUT2D eigenvalue weighted by Gasteiger charge is 2.14. The Morgan fingerprint density at radius 2 is 2.00 bits per heavy atom. The van der Waals surface area contributed by atoms with Gasteiger partial charge in [0, 0.05) is 22.4 Å². The van der Waals surface area contributed by atoms with E-state index in [1.54, 1.807) is 11.3 Å². The second-order valence-corrected chi connectivity index (χ2v) is 6.92. The van der Waals surface area contributed by atoms with Crippen molar-refractivity contribution in [3.63, 3.8) is 0 Å². The third-order valence-corrected chi connectivity index (χ3v) is 4.78. The Morgan fingerprint density at radius 1 is 1.21 bits per heavy atom. The van der Waals surface area contributed by atoms with Gasteiger partial charge in [0.05, 0.1) is 10.7 Å². The molecule has 24 heavy (non-hydrogen) atoms. The third-order valence-electron chi connectivity index (χ3n) is 3.65. The molecule has 1 aromatic heterocycles. The van der Waals surface area contributed by atoms with Crippen molar-refractivity contribution in [3.05, 3.63) is 69.0 Å². The van der Waals surface area contributed by atoms with Gasteiger partial charge in [-0.15, -0.1) is 11.3 Å². The number of nitrogens with zero attached hydrogens (tertiary/aromatic N) is 1. The number of aryl methyl sites for hydroxylation is 1. The molecule has 2 aromatic carbocycles. The molecule has 0 radical (unpaired) electrons. The highest BCUT2D eigenvalue weighted by atomic mass is 35.5. The third kappa shape index (κ3) is 3.96. The van der Waals surface area contributed by atoms with Crippen LogP contribution < -0.4 is 10.5 Å². The van der Waals surface area contributed by atoms with E-state index in [4.69, 9.17) is 22.1 Å². The summed E-state index contributed by atoms with van der Waals surface area (Å²) in [6.07, 6.45) is 0.782. The van der Waals surface area contributed by atoms with E-state index in [1.165, 1.54) is 0 Å². The summed E-state index contributed by atoms with van der Waals surface area (Å²) >= 11 is 7.87. The number of halogens is 1. The van der Waals surface area contributed by atoms with Gasteiger partial charge in [0.1, 0.15) is 12.4 Å². The zero-order valence-electron chi connectivity index (χ0n) is 13.5. The van der Waals surface area contributed by atoms with Gasteiger partial charge in [-0.05, 0) is 36.7 Å². The van der Waals surface area contributed by atoms with Gasteiger partial charge in [0.25, 0.3) is 0 Å². The zero-order chi connectivity index (χ0) is 16.9. The van der Waals surface area contributed by atoms with Gasteiger partial charge >= 0.3 is 0 Å². The molecule has 5 heteroatoms. The molecule has 0 aliphatic carbocycles. The molecule has 0 aliphatic rings. The van der Waals surface area contributed by atoms with Crippen LogP contribution in [0.3, 0.4) is 0 Å². The summed E-state index contributed by atoms with van der Waals surface area (Å²) < 4.78 is 6.11. The molecule has 0 bridgehead atoms. The molecule has 3 nitrogen and oxygen atoms in total. The van der Waals surface area contributed by atoms with Gasteiger partial charge in [-0.1, -0.05) is 41.9 Å². The van der Waals surface area contributed by atoms with Crippen LogP contribution in [0.5, 0.6) is 5.75 Å². The Hall–Kier alpha value is -1.88. The van der Waals surface area contributed by atoms with Crippen molar-refractivity contribution < 1.29 is 4.74 Å². The maximum absolute atomic E-state index is 6.26. The fourth-order valence-electron chi connectivity index (χ4n) is 2.51. The van der Waals surface area contributed by atoms with Crippen LogP contribution in [0, 0.1) is 6.92 Å². The molecule has 2 N–H and O–H groups in total. The van der Waals surface area contributed by atoms with Gasteiger partial charge in [-0.25, -0.2) is 4.98 Å². The maximum atomic E-state index is 6.26. The molecule has 0 atom stereocenters. The first-order valence-electron chi connectivity index (χ1n) is 7.79. The molecule has 0 aliphatic heterocycles. The molecule has 3 rings (SSSR count). The summed E-state index contributed by atoms with van der Waals surface area (Å²) in [5.41, 5.74) is 9.56.